The second-order valence-electron chi connectivity index (χ2n) is 13.6. The Labute approximate surface area is 245 Å². The molecule has 9 rings (SSSR count). The SMILES string of the molecule is Cc1ccc2c(c1)C(=C1CC1)CC2.Cc1ccc2c(c1)[C@@]1(CCC1=O)CC2.Cc1ccc2c(c1)[C@]1(CCC1=O)CC2. The Hall–Kier alpha value is -3.26. The molecule has 2 spiro atoms. The molecule has 0 aliphatic heterocycles. The summed E-state index contributed by atoms with van der Waals surface area (Å²) in [7, 11) is 0. The third-order valence-corrected chi connectivity index (χ3v) is 11.0. The molecule has 0 saturated heterocycles. The van der Waals surface area contributed by atoms with E-state index in [4.69, 9.17) is 0 Å². The number of hydrogen-bond donors (Lipinski definition) is 0. The van der Waals surface area contributed by atoms with Crippen LogP contribution in [0.2, 0.25) is 0 Å². The summed E-state index contributed by atoms with van der Waals surface area (Å²) in [4.78, 5) is 23.5. The average molecular weight is 543 g/mol. The van der Waals surface area contributed by atoms with Crippen LogP contribution in [0.25, 0.3) is 5.57 Å². The van der Waals surface area contributed by atoms with Crippen LogP contribution >= 0.6 is 0 Å². The van der Waals surface area contributed by atoms with Crippen molar-refractivity contribution in [3.05, 3.63) is 110 Å². The summed E-state index contributed by atoms with van der Waals surface area (Å²) in [6.45, 7) is 6.40. The summed E-state index contributed by atoms with van der Waals surface area (Å²) in [5.41, 5.74) is 15.9. The normalized spacial score (nSPS) is 25.9. The third kappa shape index (κ3) is 4.46. The Balaban J connectivity index is 0.000000101. The van der Waals surface area contributed by atoms with Crippen LogP contribution in [0.4, 0.5) is 0 Å². The van der Waals surface area contributed by atoms with E-state index in [1.165, 1.54) is 64.6 Å². The third-order valence-electron chi connectivity index (χ3n) is 11.0. The van der Waals surface area contributed by atoms with E-state index in [0.717, 1.165) is 51.4 Å². The molecule has 2 atom stereocenters. The molecule has 3 aromatic carbocycles. The maximum atomic E-state index is 11.7. The van der Waals surface area contributed by atoms with E-state index >= 15 is 0 Å². The van der Waals surface area contributed by atoms with Crippen LogP contribution in [0.1, 0.15) is 108 Å². The molecule has 41 heavy (non-hydrogen) atoms. The monoisotopic (exact) mass is 542 g/mol. The van der Waals surface area contributed by atoms with Gasteiger partial charge in [-0.05, 0) is 124 Å². The highest BCUT2D eigenvalue weighted by atomic mass is 16.1. The van der Waals surface area contributed by atoms with Crippen LogP contribution in [-0.4, -0.2) is 11.6 Å². The van der Waals surface area contributed by atoms with E-state index in [9.17, 15) is 9.59 Å². The molecule has 0 radical (unpaired) electrons. The van der Waals surface area contributed by atoms with Gasteiger partial charge in [0.25, 0.3) is 0 Å². The van der Waals surface area contributed by atoms with Crippen LogP contribution in [0.15, 0.2) is 60.2 Å². The van der Waals surface area contributed by atoms with E-state index in [-0.39, 0.29) is 10.8 Å². The van der Waals surface area contributed by atoms with Crippen LogP contribution in [0.5, 0.6) is 0 Å². The Morgan fingerprint density at radius 1 is 0.488 bits per heavy atom. The first-order valence-electron chi connectivity index (χ1n) is 15.9. The predicted molar refractivity (Wildman–Crippen MR) is 166 cm³/mol. The van der Waals surface area contributed by atoms with Crippen molar-refractivity contribution in [2.24, 2.45) is 0 Å². The van der Waals surface area contributed by atoms with Gasteiger partial charge in [0, 0.05) is 12.8 Å². The van der Waals surface area contributed by atoms with Crippen molar-refractivity contribution in [1.29, 1.82) is 0 Å². The van der Waals surface area contributed by atoms with Crippen LogP contribution < -0.4 is 0 Å². The zero-order valence-electron chi connectivity index (χ0n) is 25.0. The molecule has 3 fully saturated rings. The smallest absolute Gasteiger partial charge is 0.143 e. The summed E-state index contributed by atoms with van der Waals surface area (Å²) in [5, 5.41) is 0. The topological polar surface area (TPSA) is 34.1 Å². The minimum Gasteiger partial charge on any atom is -0.299 e. The first-order valence-corrected chi connectivity index (χ1v) is 15.9. The molecular formula is C39H42O2. The number of carbonyl (C=O) groups is 2. The number of aryl methyl sites for hydroxylation is 6. The molecule has 0 unspecified atom stereocenters. The molecule has 6 aliphatic rings. The molecule has 210 valence electrons. The number of allylic oxidation sites excluding steroid dienone is 2. The van der Waals surface area contributed by atoms with Gasteiger partial charge >= 0.3 is 0 Å². The molecule has 3 saturated carbocycles. The number of benzene rings is 3. The summed E-state index contributed by atoms with van der Waals surface area (Å²) in [6, 6.07) is 20.1. The highest BCUT2D eigenvalue weighted by Gasteiger charge is 2.51. The van der Waals surface area contributed by atoms with Crippen molar-refractivity contribution in [1.82, 2.24) is 0 Å². The zero-order valence-corrected chi connectivity index (χ0v) is 25.0. The maximum absolute atomic E-state index is 11.7. The second kappa shape index (κ2) is 9.93. The first kappa shape index (κ1) is 26.6. The number of rotatable bonds is 0. The molecule has 6 aliphatic carbocycles. The van der Waals surface area contributed by atoms with Gasteiger partial charge in [0.05, 0.1) is 10.8 Å². The van der Waals surface area contributed by atoms with Crippen LogP contribution in [0, 0.1) is 20.8 Å². The van der Waals surface area contributed by atoms with Gasteiger partial charge in [0.1, 0.15) is 11.6 Å². The quantitative estimate of drug-likeness (QED) is 0.285. The molecule has 0 heterocycles. The lowest BCUT2D eigenvalue weighted by molar-refractivity contribution is -0.132. The summed E-state index contributed by atoms with van der Waals surface area (Å²) >= 11 is 0. The lowest BCUT2D eigenvalue weighted by atomic mass is 9.64. The fourth-order valence-corrected chi connectivity index (χ4v) is 8.14. The Bertz CT molecular complexity index is 1530. The molecule has 0 aromatic heterocycles. The van der Waals surface area contributed by atoms with Gasteiger partial charge < -0.3 is 0 Å². The lowest BCUT2D eigenvalue weighted by Crippen LogP contribution is -2.43. The fraction of sp³-hybridized carbons (Fsp3) is 0.436. The lowest BCUT2D eigenvalue weighted by Gasteiger charge is -2.37. The van der Waals surface area contributed by atoms with Crippen molar-refractivity contribution < 1.29 is 9.59 Å². The summed E-state index contributed by atoms with van der Waals surface area (Å²) in [5.74, 6) is 0.948. The van der Waals surface area contributed by atoms with Gasteiger partial charge in [0.2, 0.25) is 0 Å². The summed E-state index contributed by atoms with van der Waals surface area (Å²) < 4.78 is 0. The number of ketones is 2. The van der Waals surface area contributed by atoms with Crippen molar-refractivity contribution in [2.45, 2.75) is 109 Å². The van der Waals surface area contributed by atoms with Gasteiger partial charge in [-0.15, -0.1) is 0 Å². The predicted octanol–water partition coefficient (Wildman–Crippen LogP) is 8.57. The van der Waals surface area contributed by atoms with Gasteiger partial charge in [-0.1, -0.05) is 76.9 Å². The maximum Gasteiger partial charge on any atom is 0.143 e. The largest absolute Gasteiger partial charge is 0.299 e. The number of fused-ring (bicyclic) bond motifs is 5. The molecular weight excluding hydrogens is 500 g/mol. The Morgan fingerprint density at radius 3 is 1.39 bits per heavy atom. The first-order chi connectivity index (χ1) is 19.8. The molecule has 0 N–H and O–H groups in total. The van der Waals surface area contributed by atoms with Crippen molar-refractivity contribution in [3.63, 3.8) is 0 Å². The van der Waals surface area contributed by atoms with Crippen molar-refractivity contribution in [2.75, 3.05) is 0 Å². The van der Waals surface area contributed by atoms with E-state index in [1.54, 1.807) is 22.3 Å². The minimum absolute atomic E-state index is 0.0403. The van der Waals surface area contributed by atoms with Gasteiger partial charge in [-0.3, -0.25) is 9.59 Å². The molecule has 0 bridgehead atoms. The highest BCUT2D eigenvalue weighted by molar-refractivity contribution is 5.97. The number of hydrogen-bond acceptors (Lipinski definition) is 2. The van der Waals surface area contributed by atoms with Crippen molar-refractivity contribution in [3.8, 4) is 0 Å². The van der Waals surface area contributed by atoms with E-state index in [2.05, 4.69) is 75.4 Å². The van der Waals surface area contributed by atoms with Crippen molar-refractivity contribution >= 4 is 17.1 Å². The number of Topliss-reactive ketones (excluding diaryl/α,β-unsaturated/α-hetero) is 2. The molecule has 3 aromatic rings. The molecule has 0 amide bonds. The second-order valence-corrected chi connectivity index (χ2v) is 13.6. The van der Waals surface area contributed by atoms with E-state index < -0.39 is 0 Å². The number of carbonyl (C=O) groups excluding carboxylic acids is 2. The zero-order chi connectivity index (χ0) is 28.4. The fourth-order valence-electron chi connectivity index (χ4n) is 8.14. The van der Waals surface area contributed by atoms with E-state index in [1.807, 2.05) is 0 Å². The minimum atomic E-state index is -0.0403. The average Bonchev–Trinajstić information content (AvgIpc) is 3.42. The molecule has 2 nitrogen and oxygen atoms in total. The van der Waals surface area contributed by atoms with E-state index in [0.29, 0.717) is 11.6 Å². The Kier molecular flexibility index (Phi) is 6.45. The van der Waals surface area contributed by atoms with Gasteiger partial charge in [-0.2, -0.15) is 0 Å². The Morgan fingerprint density at radius 2 is 0.951 bits per heavy atom. The van der Waals surface area contributed by atoms with Gasteiger partial charge in [0.15, 0.2) is 0 Å². The van der Waals surface area contributed by atoms with Crippen LogP contribution in [-0.2, 0) is 39.7 Å². The highest BCUT2D eigenvalue weighted by Crippen LogP contribution is 2.51. The standard InChI is InChI=1S/2C13H14O.C13H14/c2*1-9-2-3-10-4-6-13(11(10)8-9)7-5-12(13)14;1-9-2-3-11-6-7-12(10-4-5-10)13(11)8-9/h2*2-3,8H,4-7H2,1H3;2-3,8H,4-7H2,1H3/t2*13-;/m10./s1. The van der Waals surface area contributed by atoms with Gasteiger partial charge in [-0.25, -0.2) is 0 Å². The molecule has 2 heteroatoms. The van der Waals surface area contributed by atoms with Crippen LogP contribution in [0.3, 0.4) is 0 Å². The summed E-state index contributed by atoms with van der Waals surface area (Å²) in [6.07, 6.45) is 13.4.